The van der Waals surface area contributed by atoms with Crippen molar-refractivity contribution in [2.24, 2.45) is 0 Å². The maximum absolute atomic E-state index is 6.18. The minimum atomic E-state index is 0.157. The van der Waals surface area contributed by atoms with Crippen LogP contribution in [0, 0.1) is 0 Å². The van der Waals surface area contributed by atoms with Gasteiger partial charge in [0.15, 0.2) is 11.4 Å². The first kappa shape index (κ1) is 19.5. The van der Waals surface area contributed by atoms with Gasteiger partial charge in [-0.05, 0) is 18.2 Å². The molecule has 2 aliphatic rings. The van der Waals surface area contributed by atoms with Crippen LogP contribution in [0.4, 0.5) is 5.82 Å². The zero-order chi connectivity index (χ0) is 21.3. The van der Waals surface area contributed by atoms with Crippen LogP contribution in [0.15, 0.2) is 41.1 Å². The van der Waals surface area contributed by atoms with Crippen molar-refractivity contribution < 1.29 is 18.6 Å². The van der Waals surface area contributed by atoms with Crippen LogP contribution in [0.3, 0.4) is 0 Å². The van der Waals surface area contributed by atoms with E-state index < -0.39 is 0 Å². The Morgan fingerprint density at radius 1 is 1.09 bits per heavy atom. The van der Waals surface area contributed by atoms with E-state index in [9.17, 15) is 0 Å². The molecule has 2 aliphatic heterocycles. The maximum atomic E-state index is 6.18. The number of anilines is 1. The van der Waals surface area contributed by atoms with Crippen LogP contribution in [0.1, 0.15) is 0 Å². The zero-order valence-corrected chi connectivity index (χ0v) is 17.6. The van der Waals surface area contributed by atoms with Crippen LogP contribution in [0.2, 0.25) is 0 Å². The van der Waals surface area contributed by atoms with Gasteiger partial charge in [-0.3, -0.25) is 0 Å². The molecule has 10 heteroatoms. The topological polar surface area (TPSA) is 99.2 Å². The molecule has 32 heavy (non-hydrogen) atoms. The Bertz CT molecular complexity index is 1230. The molecule has 1 N–H and O–H groups in total. The van der Waals surface area contributed by atoms with Gasteiger partial charge >= 0.3 is 0 Å². The maximum Gasteiger partial charge on any atom is 0.231 e. The van der Waals surface area contributed by atoms with Gasteiger partial charge in [0.05, 0.1) is 44.1 Å². The quantitative estimate of drug-likeness (QED) is 0.501. The minimum Gasteiger partial charge on any atom is -0.475 e. The largest absolute Gasteiger partial charge is 0.475 e. The van der Waals surface area contributed by atoms with Crippen LogP contribution in [0.5, 0.6) is 5.88 Å². The molecule has 10 nitrogen and oxygen atoms in total. The van der Waals surface area contributed by atoms with Gasteiger partial charge in [0.1, 0.15) is 23.7 Å². The zero-order valence-electron chi connectivity index (χ0n) is 17.6. The van der Waals surface area contributed by atoms with E-state index in [-0.39, 0.29) is 6.04 Å². The van der Waals surface area contributed by atoms with Crippen molar-refractivity contribution in [3.05, 3.63) is 36.7 Å². The second-order valence-electron chi connectivity index (χ2n) is 7.88. The van der Waals surface area contributed by atoms with Crippen LogP contribution in [-0.4, -0.2) is 78.3 Å². The van der Waals surface area contributed by atoms with E-state index in [4.69, 9.17) is 18.6 Å². The molecule has 0 radical (unpaired) electrons. The fourth-order valence-corrected chi connectivity index (χ4v) is 4.12. The summed E-state index contributed by atoms with van der Waals surface area (Å²) in [5.41, 5.74) is 2.26. The predicted molar refractivity (Wildman–Crippen MR) is 117 cm³/mol. The molecule has 4 aromatic heterocycles. The van der Waals surface area contributed by atoms with Gasteiger partial charge < -0.3 is 28.8 Å². The van der Waals surface area contributed by atoms with Crippen LogP contribution in [-0.2, 0) is 9.47 Å². The lowest BCUT2D eigenvalue weighted by Gasteiger charge is -2.28. The number of hydrogen-bond donors (Lipinski definition) is 1. The average Bonchev–Trinajstić information content (AvgIpc) is 3.47. The number of morpholine rings is 2. The standard InChI is InChI=1S/C22H24N6O4/c1-2-21(31-14-15-13-30-8-5-23-15)26-28-17(12-25-20(1)28)19-11-16-18(32-19)3-4-24-22(16)27-6-9-29-10-7-27/h1-4,11-12,15,23H,5-10,13-14H2/t15-/m0/s1. The summed E-state index contributed by atoms with van der Waals surface area (Å²) in [5, 5.41) is 8.98. The van der Waals surface area contributed by atoms with E-state index in [1.807, 2.05) is 24.3 Å². The van der Waals surface area contributed by atoms with E-state index in [1.54, 1.807) is 16.9 Å². The van der Waals surface area contributed by atoms with Crippen LogP contribution < -0.4 is 15.0 Å². The van der Waals surface area contributed by atoms with Crippen LogP contribution in [0.25, 0.3) is 28.1 Å². The lowest BCUT2D eigenvalue weighted by Crippen LogP contribution is -2.44. The van der Waals surface area contributed by atoms with Gasteiger partial charge in [0, 0.05) is 31.9 Å². The summed E-state index contributed by atoms with van der Waals surface area (Å²) < 4.78 is 24.8. The van der Waals surface area contributed by atoms with Gasteiger partial charge in [0.25, 0.3) is 0 Å². The number of rotatable bonds is 5. The highest BCUT2D eigenvalue weighted by molar-refractivity contribution is 5.92. The average molecular weight is 436 g/mol. The third kappa shape index (κ3) is 3.66. The molecule has 0 unspecified atom stereocenters. The smallest absolute Gasteiger partial charge is 0.231 e. The summed E-state index contributed by atoms with van der Waals surface area (Å²) in [6, 6.07) is 7.77. The van der Waals surface area contributed by atoms with Crippen molar-refractivity contribution in [3.8, 4) is 17.3 Å². The summed E-state index contributed by atoms with van der Waals surface area (Å²) in [4.78, 5) is 11.3. The van der Waals surface area contributed by atoms with Crippen molar-refractivity contribution in [1.82, 2.24) is 24.9 Å². The van der Waals surface area contributed by atoms with E-state index in [0.717, 1.165) is 54.4 Å². The van der Waals surface area contributed by atoms with Gasteiger partial charge in [0.2, 0.25) is 5.88 Å². The lowest BCUT2D eigenvalue weighted by atomic mass is 10.2. The van der Waals surface area contributed by atoms with Crippen LogP contribution >= 0.6 is 0 Å². The number of imidazole rings is 1. The highest BCUT2D eigenvalue weighted by Crippen LogP contribution is 2.33. The van der Waals surface area contributed by atoms with E-state index in [1.165, 1.54) is 0 Å². The van der Waals surface area contributed by atoms with Crippen molar-refractivity contribution in [2.75, 3.05) is 57.6 Å². The molecule has 6 rings (SSSR count). The molecular weight excluding hydrogens is 412 g/mol. The molecule has 0 amide bonds. The van der Waals surface area contributed by atoms with E-state index >= 15 is 0 Å². The third-order valence-electron chi connectivity index (χ3n) is 5.76. The van der Waals surface area contributed by atoms with Crippen molar-refractivity contribution in [2.45, 2.75) is 6.04 Å². The Labute approximate surface area is 184 Å². The Balaban J connectivity index is 1.31. The lowest BCUT2D eigenvalue weighted by molar-refractivity contribution is 0.0583. The second kappa shape index (κ2) is 8.38. The Morgan fingerprint density at radius 2 is 2.03 bits per heavy atom. The summed E-state index contributed by atoms with van der Waals surface area (Å²) in [7, 11) is 0. The number of fused-ring (bicyclic) bond motifs is 2. The summed E-state index contributed by atoms with van der Waals surface area (Å²) in [6.07, 6.45) is 3.55. The first-order valence-corrected chi connectivity index (χ1v) is 10.9. The van der Waals surface area contributed by atoms with Gasteiger partial charge in [-0.2, -0.15) is 0 Å². The summed E-state index contributed by atoms with van der Waals surface area (Å²) in [6.45, 7) is 5.71. The van der Waals surface area contributed by atoms with Crippen molar-refractivity contribution >= 4 is 22.4 Å². The molecule has 0 spiro atoms. The molecule has 0 aromatic carbocycles. The molecule has 166 valence electrons. The number of furan rings is 1. The molecule has 0 bridgehead atoms. The number of pyridine rings is 1. The Morgan fingerprint density at radius 3 is 2.91 bits per heavy atom. The van der Waals surface area contributed by atoms with Crippen molar-refractivity contribution in [3.63, 3.8) is 0 Å². The first-order chi connectivity index (χ1) is 15.8. The number of nitrogens with zero attached hydrogens (tertiary/aromatic N) is 5. The minimum absolute atomic E-state index is 0.157. The summed E-state index contributed by atoms with van der Waals surface area (Å²) in [5.74, 6) is 2.12. The predicted octanol–water partition coefficient (Wildman–Crippen LogP) is 1.74. The van der Waals surface area contributed by atoms with Gasteiger partial charge in [-0.15, -0.1) is 5.10 Å². The second-order valence-corrected chi connectivity index (χ2v) is 7.88. The number of nitrogens with one attached hydrogen (secondary N) is 1. The highest BCUT2D eigenvalue weighted by atomic mass is 16.5. The molecule has 6 heterocycles. The molecule has 1 atom stereocenters. The molecule has 0 saturated carbocycles. The van der Waals surface area contributed by atoms with E-state index in [2.05, 4.69) is 25.3 Å². The molecule has 2 fully saturated rings. The van der Waals surface area contributed by atoms with Crippen molar-refractivity contribution in [1.29, 1.82) is 0 Å². The number of ether oxygens (including phenoxy) is 3. The number of aromatic nitrogens is 4. The summed E-state index contributed by atoms with van der Waals surface area (Å²) >= 11 is 0. The fourth-order valence-electron chi connectivity index (χ4n) is 4.12. The monoisotopic (exact) mass is 436 g/mol. The normalized spacial score (nSPS) is 19.6. The highest BCUT2D eigenvalue weighted by Gasteiger charge is 2.20. The molecular formula is C22H24N6O4. The Kier molecular flexibility index (Phi) is 5.10. The van der Waals surface area contributed by atoms with Gasteiger partial charge in [-0.25, -0.2) is 14.5 Å². The van der Waals surface area contributed by atoms with E-state index in [0.29, 0.717) is 38.1 Å². The molecule has 0 aliphatic carbocycles. The van der Waals surface area contributed by atoms with Gasteiger partial charge in [-0.1, -0.05) is 0 Å². The third-order valence-corrected chi connectivity index (χ3v) is 5.76. The molecule has 2 saturated heterocycles. The first-order valence-electron chi connectivity index (χ1n) is 10.9. The number of hydrogen-bond acceptors (Lipinski definition) is 9. The molecule has 4 aromatic rings. The SMILES string of the molecule is c1cc2oc(-c3cnc4ccc(OC[C@@H]5COCCN5)nn34)cc2c(N2CCOCC2)n1. The Hall–Kier alpha value is -3.21. The fraction of sp³-hybridized carbons (Fsp3) is 0.409.